The highest BCUT2D eigenvalue weighted by Gasteiger charge is 2.42. The molecule has 5 unspecified atom stereocenters. The van der Waals surface area contributed by atoms with E-state index >= 15 is 0 Å². The molecule has 0 aromatic rings. The Morgan fingerprint density at radius 1 is 1.33 bits per heavy atom. The zero-order chi connectivity index (χ0) is 17.9. The van der Waals surface area contributed by atoms with Crippen LogP contribution in [0, 0.1) is 29.6 Å². The summed E-state index contributed by atoms with van der Waals surface area (Å²) in [5.74, 6) is 1.61. The number of esters is 1. The van der Waals surface area contributed by atoms with Crippen LogP contribution in [0.5, 0.6) is 0 Å². The van der Waals surface area contributed by atoms with Gasteiger partial charge in [-0.15, -0.1) is 0 Å². The lowest BCUT2D eigenvalue weighted by Gasteiger charge is -2.43. The monoisotopic (exact) mass is 334 g/mol. The predicted molar refractivity (Wildman–Crippen MR) is 97.6 cm³/mol. The Labute approximate surface area is 147 Å². The quantitative estimate of drug-likeness (QED) is 0.656. The second-order valence-electron chi connectivity index (χ2n) is 7.85. The maximum atomic E-state index is 12.4. The van der Waals surface area contributed by atoms with Gasteiger partial charge >= 0.3 is 5.97 Å². The number of carbonyl (C=O) groups excluding carboxylic acids is 1. The van der Waals surface area contributed by atoms with Gasteiger partial charge in [0.15, 0.2) is 0 Å². The summed E-state index contributed by atoms with van der Waals surface area (Å²) in [6, 6.07) is 0. The van der Waals surface area contributed by atoms with Crippen molar-refractivity contribution in [3.63, 3.8) is 0 Å². The van der Waals surface area contributed by atoms with Crippen LogP contribution in [-0.4, -0.2) is 25.3 Å². The van der Waals surface area contributed by atoms with E-state index in [0.717, 1.165) is 19.3 Å². The molecular formula is C21H34O3. The molecule has 2 aliphatic carbocycles. The van der Waals surface area contributed by atoms with Crippen molar-refractivity contribution in [2.45, 2.75) is 66.1 Å². The van der Waals surface area contributed by atoms with Crippen LogP contribution in [0.2, 0.25) is 0 Å². The molecule has 24 heavy (non-hydrogen) atoms. The topological polar surface area (TPSA) is 35.5 Å². The van der Waals surface area contributed by atoms with Gasteiger partial charge in [0, 0.05) is 13.0 Å². The average Bonchev–Trinajstić information content (AvgIpc) is 2.56. The average molecular weight is 335 g/mol. The Hall–Kier alpha value is -1.09. The maximum absolute atomic E-state index is 12.4. The van der Waals surface area contributed by atoms with Crippen molar-refractivity contribution >= 4 is 5.97 Å². The molecule has 136 valence electrons. The molecule has 0 aromatic carbocycles. The van der Waals surface area contributed by atoms with E-state index in [1.165, 1.54) is 5.57 Å². The third-order valence-electron chi connectivity index (χ3n) is 5.88. The van der Waals surface area contributed by atoms with Crippen molar-refractivity contribution in [3.05, 3.63) is 23.8 Å². The number of hydrogen-bond donors (Lipinski definition) is 0. The van der Waals surface area contributed by atoms with Gasteiger partial charge in [-0.25, -0.2) is 0 Å². The number of ether oxygens (including phenoxy) is 2. The fourth-order valence-corrected chi connectivity index (χ4v) is 4.05. The molecule has 0 saturated heterocycles. The molecular weight excluding hydrogens is 300 g/mol. The zero-order valence-corrected chi connectivity index (χ0v) is 16.1. The summed E-state index contributed by atoms with van der Waals surface area (Å²) >= 11 is 0. The van der Waals surface area contributed by atoms with E-state index in [2.05, 4.69) is 39.0 Å². The van der Waals surface area contributed by atoms with Gasteiger partial charge in [0.1, 0.15) is 6.10 Å². The molecule has 0 spiro atoms. The van der Waals surface area contributed by atoms with Crippen LogP contribution in [0.4, 0.5) is 0 Å². The standard InChI is InChI=1S/C21H34O3/c1-7-14(3)21(22)24-19-11-13(2)10-17-9-8-15(4)18(20(17)19)12-16(5)23-6/h8-10,13-16,18-20H,7,11-12H2,1-6H3/t13-,14?,15?,16?,18?,19-,20?/m0/s1. The van der Waals surface area contributed by atoms with E-state index in [1.807, 2.05) is 13.8 Å². The molecule has 2 aliphatic rings. The maximum Gasteiger partial charge on any atom is 0.308 e. The van der Waals surface area contributed by atoms with Gasteiger partial charge in [-0.3, -0.25) is 4.79 Å². The Balaban J connectivity index is 2.25. The number of rotatable bonds is 6. The van der Waals surface area contributed by atoms with Crippen LogP contribution in [0.15, 0.2) is 23.8 Å². The normalized spacial score (nSPS) is 34.9. The molecule has 2 rings (SSSR count). The first-order chi connectivity index (χ1) is 11.4. The molecule has 0 radical (unpaired) electrons. The van der Waals surface area contributed by atoms with Crippen molar-refractivity contribution in [3.8, 4) is 0 Å². The van der Waals surface area contributed by atoms with Crippen molar-refractivity contribution in [1.82, 2.24) is 0 Å². The molecule has 0 aliphatic heterocycles. The number of allylic oxidation sites excluding steroid dienone is 3. The molecule has 3 heteroatoms. The van der Waals surface area contributed by atoms with Crippen LogP contribution in [0.3, 0.4) is 0 Å². The van der Waals surface area contributed by atoms with Gasteiger partial charge in [-0.1, -0.05) is 45.9 Å². The third-order valence-corrected chi connectivity index (χ3v) is 5.88. The first-order valence-corrected chi connectivity index (χ1v) is 9.50. The largest absolute Gasteiger partial charge is 0.461 e. The number of hydrogen-bond acceptors (Lipinski definition) is 3. The van der Waals surface area contributed by atoms with Gasteiger partial charge < -0.3 is 9.47 Å². The second kappa shape index (κ2) is 8.33. The van der Waals surface area contributed by atoms with Crippen molar-refractivity contribution in [1.29, 1.82) is 0 Å². The number of carbonyl (C=O) groups is 1. The highest BCUT2D eigenvalue weighted by atomic mass is 16.5. The van der Waals surface area contributed by atoms with Crippen molar-refractivity contribution in [2.24, 2.45) is 29.6 Å². The molecule has 7 atom stereocenters. The summed E-state index contributed by atoms with van der Waals surface area (Å²) in [6.45, 7) is 10.6. The van der Waals surface area contributed by atoms with Gasteiger partial charge in [-0.2, -0.15) is 0 Å². The van der Waals surface area contributed by atoms with Crippen LogP contribution < -0.4 is 0 Å². The van der Waals surface area contributed by atoms with Gasteiger partial charge in [0.2, 0.25) is 0 Å². The van der Waals surface area contributed by atoms with E-state index in [4.69, 9.17) is 9.47 Å². The Kier molecular flexibility index (Phi) is 6.68. The van der Waals surface area contributed by atoms with Crippen molar-refractivity contribution in [2.75, 3.05) is 7.11 Å². The second-order valence-corrected chi connectivity index (χ2v) is 7.85. The highest BCUT2D eigenvalue weighted by molar-refractivity contribution is 5.72. The molecule has 0 saturated carbocycles. The van der Waals surface area contributed by atoms with E-state index in [0.29, 0.717) is 23.7 Å². The smallest absolute Gasteiger partial charge is 0.308 e. The summed E-state index contributed by atoms with van der Waals surface area (Å²) in [5.41, 5.74) is 1.35. The van der Waals surface area contributed by atoms with Gasteiger partial charge in [-0.05, 0) is 49.5 Å². The molecule has 0 bridgehead atoms. The molecule has 0 aromatic heterocycles. The van der Waals surface area contributed by atoms with E-state index in [-0.39, 0.29) is 24.1 Å². The van der Waals surface area contributed by atoms with E-state index in [1.54, 1.807) is 7.11 Å². The first kappa shape index (κ1) is 19.2. The molecule has 0 fully saturated rings. The summed E-state index contributed by atoms with van der Waals surface area (Å²) in [6.07, 6.45) is 9.88. The highest BCUT2D eigenvalue weighted by Crippen LogP contribution is 2.45. The lowest BCUT2D eigenvalue weighted by molar-refractivity contribution is -0.158. The van der Waals surface area contributed by atoms with Gasteiger partial charge in [0.05, 0.1) is 12.0 Å². The lowest BCUT2D eigenvalue weighted by Crippen LogP contribution is -2.42. The molecule has 0 N–H and O–H groups in total. The minimum atomic E-state index is -0.0447. The minimum Gasteiger partial charge on any atom is -0.461 e. The van der Waals surface area contributed by atoms with Crippen LogP contribution >= 0.6 is 0 Å². The molecule has 0 amide bonds. The fourth-order valence-electron chi connectivity index (χ4n) is 4.05. The van der Waals surface area contributed by atoms with Crippen molar-refractivity contribution < 1.29 is 14.3 Å². The summed E-state index contributed by atoms with van der Waals surface area (Å²) in [7, 11) is 1.77. The summed E-state index contributed by atoms with van der Waals surface area (Å²) in [5, 5.41) is 0. The molecule has 3 nitrogen and oxygen atoms in total. The number of methoxy groups -OCH3 is 1. The predicted octanol–water partition coefficient (Wildman–Crippen LogP) is 4.77. The Morgan fingerprint density at radius 2 is 2.04 bits per heavy atom. The summed E-state index contributed by atoms with van der Waals surface area (Å²) in [4.78, 5) is 12.4. The van der Waals surface area contributed by atoms with E-state index < -0.39 is 0 Å². The minimum absolute atomic E-state index is 0.0112. The third kappa shape index (κ3) is 4.30. The first-order valence-electron chi connectivity index (χ1n) is 9.50. The van der Waals surface area contributed by atoms with E-state index in [9.17, 15) is 4.79 Å². The fraction of sp³-hybridized carbons (Fsp3) is 0.762. The molecule has 0 heterocycles. The lowest BCUT2D eigenvalue weighted by atomic mass is 9.65. The summed E-state index contributed by atoms with van der Waals surface area (Å²) < 4.78 is 11.5. The van der Waals surface area contributed by atoms with Crippen LogP contribution in [-0.2, 0) is 14.3 Å². The Morgan fingerprint density at radius 3 is 2.67 bits per heavy atom. The zero-order valence-electron chi connectivity index (χ0n) is 16.1. The Bertz CT molecular complexity index is 493. The number of fused-ring (bicyclic) bond motifs is 1. The van der Waals surface area contributed by atoms with Crippen LogP contribution in [0.25, 0.3) is 0 Å². The SMILES string of the molecule is CCC(C)C(=O)O[C@H]1C[C@@H](C)C=C2C=CC(C)C(CC(C)OC)C21. The van der Waals surface area contributed by atoms with Gasteiger partial charge in [0.25, 0.3) is 0 Å². The van der Waals surface area contributed by atoms with Crippen LogP contribution in [0.1, 0.15) is 53.9 Å².